The van der Waals surface area contributed by atoms with Crippen molar-refractivity contribution in [3.05, 3.63) is 33.9 Å². The van der Waals surface area contributed by atoms with Crippen LogP contribution < -0.4 is 0 Å². The molecular weight excluding hydrogens is 212 g/mol. The van der Waals surface area contributed by atoms with Crippen LogP contribution in [0.4, 0.5) is 0 Å². The Labute approximate surface area is 103 Å². The third-order valence-electron chi connectivity index (χ3n) is 4.17. The van der Waals surface area contributed by atoms with Crippen LogP contribution in [0, 0.1) is 13.8 Å². The normalized spacial score (nSPS) is 15.1. The van der Waals surface area contributed by atoms with Gasteiger partial charge in [0, 0.05) is 5.92 Å². The molecule has 17 heavy (non-hydrogen) atoms. The number of aliphatic hydroxyl groups excluding tert-OH is 2. The third kappa shape index (κ3) is 2.24. The fraction of sp³-hybridized carbons (Fsp3) is 0.600. The predicted molar refractivity (Wildman–Crippen MR) is 69.5 cm³/mol. The van der Waals surface area contributed by atoms with Gasteiger partial charge in [0.2, 0.25) is 0 Å². The van der Waals surface area contributed by atoms with Gasteiger partial charge in [-0.3, -0.25) is 0 Å². The molecule has 0 radical (unpaired) electrons. The zero-order valence-corrected chi connectivity index (χ0v) is 10.8. The van der Waals surface area contributed by atoms with E-state index in [2.05, 4.69) is 19.9 Å². The van der Waals surface area contributed by atoms with Crippen LogP contribution in [0.15, 0.2) is 6.07 Å². The SMILES string of the molecule is Cc1c(C(CO)CO)cc2c(c1C)CCCC2. The fourth-order valence-electron chi connectivity index (χ4n) is 2.93. The van der Waals surface area contributed by atoms with Gasteiger partial charge in [0.15, 0.2) is 0 Å². The van der Waals surface area contributed by atoms with Crippen LogP contribution in [0.5, 0.6) is 0 Å². The Hall–Kier alpha value is -0.860. The number of aliphatic hydroxyl groups is 2. The van der Waals surface area contributed by atoms with Crippen molar-refractivity contribution in [2.24, 2.45) is 0 Å². The largest absolute Gasteiger partial charge is 0.396 e. The first-order chi connectivity index (χ1) is 8.19. The van der Waals surface area contributed by atoms with E-state index in [1.807, 2.05) is 0 Å². The van der Waals surface area contributed by atoms with E-state index in [1.54, 1.807) is 0 Å². The highest BCUT2D eigenvalue weighted by Crippen LogP contribution is 2.31. The molecule has 0 bridgehead atoms. The fourth-order valence-corrected chi connectivity index (χ4v) is 2.93. The van der Waals surface area contributed by atoms with Crippen LogP contribution in [-0.2, 0) is 12.8 Å². The minimum Gasteiger partial charge on any atom is -0.396 e. The minimum absolute atomic E-state index is 0.0234. The molecule has 0 spiro atoms. The maximum atomic E-state index is 9.34. The van der Waals surface area contributed by atoms with Crippen LogP contribution in [0.2, 0.25) is 0 Å². The van der Waals surface area contributed by atoms with Gasteiger partial charge in [0.1, 0.15) is 0 Å². The first-order valence-corrected chi connectivity index (χ1v) is 6.52. The van der Waals surface area contributed by atoms with Gasteiger partial charge in [-0.15, -0.1) is 0 Å². The Morgan fingerprint density at radius 2 is 1.71 bits per heavy atom. The molecule has 1 aliphatic rings. The molecule has 0 saturated carbocycles. The van der Waals surface area contributed by atoms with Gasteiger partial charge in [0.25, 0.3) is 0 Å². The lowest BCUT2D eigenvalue weighted by molar-refractivity contribution is 0.192. The van der Waals surface area contributed by atoms with Crippen molar-refractivity contribution in [1.82, 2.24) is 0 Å². The summed E-state index contributed by atoms with van der Waals surface area (Å²) in [5, 5.41) is 18.7. The van der Waals surface area contributed by atoms with Crippen LogP contribution in [0.1, 0.15) is 46.6 Å². The first-order valence-electron chi connectivity index (χ1n) is 6.52. The van der Waals surface area contributed by atoms with E-state index in [0.717, 1.165) is 12.0 Å². The molecule has 2 heteroatoms. The summed E-state index contributed by atoms with van der Waals surface area (Å²) in [7, 11) is 0. The average Bonchev–Trinajstić information content (AvgIpc) is 2.37. The highest BCUT2D eigenvalue weighted by molar-refractivity contribution is 5.47. The molecule has 0 fully saturated rings. The molecule has 0 saturated heterocycles. The number of fused-ring (bicyclic) bond motifs is 1. The van der Waals surface area contributed by atoms with Gasteiger partial charge in [-0.05, 0) is 67.3 Å². The Morgan fingerprint density at radius 3 is 2.35 bits per heavy atom. The maximum Gasteiger partial charge on any atom is 0.0521 e. The van der Waals surface area contributed by atoms with Crippen LogP contribution in [0.3, 0.4) is 0 Å². The lowest BCUT2D eigenvalue weighted by Crippen LogP contribution is -2.15. The van der Waals surface area contributed by atoms with Crippen molar-refractivity contribution < 1.29 is 10.2 Å². The summed E-state index contributed by atoms with van der Waals surface area (Å²) < 4.78 is 0. The van der Waals surface area contributed by atoms with E-state index in [9.17, 15) is 10.2 Å². The second-order valence-corrected chi connectivity index (χ2v) is 5.12. The summed E-state index contributed by atoms with van der Waals surface area (Å²) in [5.41, 5.74) is 6.68. The second-order valence-electron chi connectivity index (χ2n) is 5.12. The molecule has 1 aliphatic carbocycles. The number of aryl methyl sites for hydroxylation is 1. The Balaban J connectivity index is 2.50. The minimum atomic E-state index is -0.124. The summed E-state index contributed by atoms with van der Waals surface area (Å²) in [5.74, 6) is -0.124. The molecule has 0 aromatic heterocycles. The van der Waals surface area contributed by atoms with Crippen LogP contribution in [-0.4, -0.2) is 23.4 Å². The van der Waals surface area contributed by atoms with Crippen LogP contribution >= 0.6 is 0 Å². The molecule has 2 rings (SSSR count). The number of benzene rings is 1. The Bertz CT molecular complexity index is 406. The van der Waals surface area contributed by atoms with Crippen molar-refractivity contribution >= 4 is 0 Å². The van der Waals surface area contributed by atoms with E-state index in [-0.39, 0.29) is 19.1 Å². The molecule has 2 N–H and O–H groups in total. The van der Waals surface area contributed by atoms with Gasteiger partial charge < -0.3 is 10.2 Å². The molecule has 0 amide bonds. The van der Waals surface area contributed by atoms with Gasteiger partial charge in [-0.1, -0.05) is 6.07 Å². The highest BCUT2D eigenvalue weighted by Gasteiger charge is 2.19. The molecule has 0 atom stereocenters. The van der Waals surface area contributed by atoms with Gasteiger partial charge >= 0.3 is 0 Å². The highest BCUT2D eigenvalue weighted by atomic mass is 16.3. The van der Waals surface area contributed by atoms with E-state index >= 15 is 0 Å². The zero-order chi connectivity index (χ0) is 12.4. The van der Waals surface area contributed by atoms with Crippen LogP contribution in [0.25, 0.3) is 0 Å². The van der Waals surface area contributed by atoms with Crippen molar-refractivity contribution in [2.45, 2.75) is 45.4 Å². The molecule has 94 valence electrons. The average molecular weight is 234 g/mol. The molecule has 1 aromatic carbocycles. The topological polar surface area (TPSA) is 40.5 Å². The van der Waals surface area contributed by atoms with E-state index < -0.39 is 0 Å². The smallest absolute Gasteiger partial charge is 0.0521 e. The van der Waals surface area contributed by atoms with Gasteiger partial charge in [-0.25, -0.2) is 0 Å². The number of hydrogen-bond donors (Lipinski definition) is 2. The standard InChI is InChI=1S/C15H22O2/c1-10-11(2)15(13(8-16)9-17)7-12-5-3-4-6-14(10)12/h7,13,16-17H,3-6,8-9H2,1-2H3. The van der Waals surface area contributed by atoms with Gasteiger partial charge in [-0.2, -0.15) is 0 Å². The van der Waals surface area contributed by atoms with E-state index in [0.29, 0.717) is 0 Å². The zero-order valence-electron chi connectivity index (χ0n) is 10.8. The molecule has 0 aliphatic heterocycles. The lowest BCUT2D eigenvalue weighted by Gasteiger charge is -2.24. The summed E-state index contributed by atoms with van der Waals surface area (Å²) in [6, 6.07) is 2.22. The number of rotatable bonds is 3. The summed E-state index contributed by atoms with van der Waals surface area (Å²) in [6.07, 6.45) is 4.88. The van der Waals surface area contributed by atoms with Crippen molar-refractivity contribution in [1.29, 1.82) is 0 Å². The Kier molecular flexibility index (Phi) is 3.85. The van der Waals surface area contributed by atoms with Crippen molar-refractivity contribution in [3.63, 3.8) is 0 Å². The Morgan fingerprint density at radius 1 is 1.06 bits per heavy atom. The monoisotopic (exact) mass is 234 g/mol. The number of hydrogen-bond acceptors (Lipinski definition) is 2. The van der Waals surface area contributed by atoms with Crippen molar-refractivity contribution in [3.8, 4) is 0 Å². The maximum absolute atomic E-state index is 9.34. The second kappa shape index (κ2) is 5.19. The molecular formula is C15H22O2. The molecule has 0 heterocycles. The first kappa shape index (κ1) is 12.6. The third-order valence-corrected chi connectivity index (χ3v) is 4.17. The summed E-state index contributed by atoms with van der Waals surface area (Å²) >= 11 is 0. The van der Waals surface area contributed by atoms with Gasteiger partial charge in [0.05, 0.1) is 13.2 Å². The van der Waals surface area contributed by atoms with E-state index in [1.165, 1.54) is 41.5 Å². The van der Waals surface area contributed by atoms with E-state index in [4.69, 9.17) is 0 Å². The molecule has 1 aromatic rings. The summed E-state index contributed by atoms with van der Waals surface area (Å²) in [6.45, 7) is 4.33. The molecule has 0 unspecified atom stereocenters. The summed E-state index contributed by atoms with van der Waals surface area (Å²) in [4.78, 5) is 0. The lowest BCUT2D eigenvalue weighted by atomic mass is 9.82. The quantitative estimate of drug-likeness (QED) is 0.842. The van der Waals surface area contributed by atoms with Crippen molar-refractivity contribution in [2.75, 3.05) is 13.2 Å². The predicted octanol–water partition coefficient (Wildman–Crippen LogP) is 2.25. The molecule has 2 nitrogen and oxygen atoms in total.